The highest BCUT2D eigenvalue weighted by molar-refractivity contribution is 7.73. The number of hydrogen-bond acceptors (Lipinski definition) is 3. The van der Waals surface area contributed by atoms with Crippen molar-refractivity contribution < 1.29 is 13.2 Å². The number of halogens is 4. The summed E-state index contributed by atoms with van der Waals surface area (Å²) in [5.41, 5.74) is 1.11. The van der Waals surface area contributed by atoms with Crippen molar-refractivity contribution in [1.82, 2.24) is 8.97 Å². The molecule has 0 saturated heterocycles. The molecule has 33 heavy (non-hydrogen) atoms. The molecule has 2 heterocycles. The third kappa shape index (κ3) is 3.78. The van der Waals surface area contributed by atoms with Gasteiger partial charge in [0.1, 0.15) is 5.65 Å². The molecule has 0 aliphatic heterocycles. The molecule has 0 atom stereocenters. The Morgan fingerprint density at radius 3 is 2.45 bits per heavy atom. The fourth-order valence-corrected chi connectivity index (χ4v) is 5.66. The minimum Gasteiger partial charge on any atom is -0.288 e. The van der Waals surface area contributed by atoms with E-state index in [-0.39, 0.29) is 12.1 Å². The first-order valence-electron chi connectivity index (χ1n) is 9.84. The van der Waals surface area contributed by atoms with Crippen molar-refractivity contribution in [3.8, 4) is 10.4 Å². The first-order chi connectivity index (χ1) is 15.8. The number of thiazole rings is 1. The number of fused-ring (bicyclic) bond motifs is 3. The van der Waals surface area contributed by atoms with Crippen LogP contribution in [-0.4, -0.2) is 8.97 Å². The lowest BCUT2D eigenvalue weighted by Crippen LogP contribution is -2.24. The summed E-state index contributed by atoms with van der Waals surface area (Å²) in [5, 5.41) is 0.916. The Kier molecular flexibility index (Phi) is 5.39. The quantitative estimate of drug-likeness (QED) is 0.240. The maximum atomic E-state index is 13.6. The number of para-hydroxylation sites is 1. The van der Waals surface area contributed by atoms with E-state index < -0.39 is 11.7 Å². The van der Waals surface area contributed by atoms with Crippen LogP contribution in [0.15, 0.2) is 77.6 Å². The number of nitrogens with zero attached hydrogens (tertiary/aromatic N) is 2. The molecular formula is C24H14ClF3N2OS2. The highest BCUT2D eigenvalue weighted by Crippen LogP contribution is 2.37. The van der Waals surface area contributed by atoms with Gasteiger partial charge in [0.2, 0.25) is 0 Å². The van der Waals surface area contributed by atoms with Gasteiger partial charge in [-0.25, -0.2) is 0 Å². The third-order valence-corrected chi connectivity index (χ3v) is 7.10. The molecule has 3 aromatic carbocycles. The van der Waals surface area contributed by atoms with Gasteiger partial charge in [-0.2, -0.15) is 13.2 Å². The van der Waals surface area contributed by atoms with E-state index in [0.717, 1.165) is 12.1 Å². The lowest BCUT2D eigenvalue weighted by Gasteiger charge is -2.15. The molecule has 5 rings (SSSR count). The standard InChI is InChI=1S/C24H14ClF3N2OS2/c25-18-10-3-1-8-16(18)20-21-29(13-14-6-5-7-15(12-14)24(26,27)28)22(31)17-9-2-4-11-19(17)30(21)23(32)33-20/h1-12H,13H2. The van der Waals surface area contributed by atoms with E-state index in [2.05, 4.69) is 0 Å². The summed E-state index contributed by atoms with van der Waals surface area (Å²) < 4.78 is 43.6. The van der Waals surface area contributed by atoms with Crippen LogP contribution in [-0.2, 0) is 12.7 Å². The van der Waals surface area contributed by atoms with E-state index in [0.29, 0.717) is 41.5 Å². The van der Waals surface area contributed by atoms with Crippen molar-refractivity contribution >= 4 is 51.7 Å². The monoisotopic (exact) mass is 502 g/mol. The van der Waals surface area contributed by atoms with Crippen LogP contribution in [0, 0.1) is 3.95 Å². The summed E-state index contributed by atoms with van der Waals surface area (Å²) in [6.07, 6.45) is -4.48. The van der Waals surface area contributed by atoms with Gasteiger partial charge in [-0.3, -0.25) is 13.8 Å². The molecule has 0 aliphatic rings. The van der Waals surface area contributed by atoms with Crippen molar-refractivity contribution in [2.24, 2.45) is 0 Å². The number of rotatable bonds is 3. The van der Waals surface area contributed by atoms with Gasteiger partial charge in [0.25, 0.3) is 5.56 Å². The second kappa shape index (κ2) is 8.13. The molecular weight excluding hydrogens is 489 g/mol. The summed E-state index contributed by atoms with van der Waals surface area (Å²) >= 11 is 13.4. The van der Waals surface area contributed by atoms with Gasteiger partial charge in [-0.1, -0.05) is 54.1 Å². The minimum absolute atomic E-state index is 0.0555. The maximum absolute atomic E-state index is 13.6. The van der Waals surface area contributed by atoms with E-state index >= 15 is 0 Å². The molecule has 166 valence electrons. The second-order valence-corrected chi connectivity index (χ2v) is 9.49. The molecule has 9 heteroatoms. The van der Waals surface area contributed by atoms with Crippen LogP contribution in [0.4, 0.5) is 13.2 Å². The van der Waals surface area contributed by atoms with Gasteiger partial charge in [-0.05, 0) is 48.1 Å². The molecule has 5 aromatic rings. The van der Waals surface area contributed by atoms with E-state index in [4.69, 9.17) is 23.8 Å². The predicted molar refractivity (Wildman–Crippen MR) is 129 cm³/mol. The Morgan fingerprint density at radius 2 is 1.70 bits per heavy atom. The zero-order chi connectivity index (χ0) is 23.3. The van der Waals surface area contributed by atoms with E-state index in [9.17, 15) is 18.0 Å². The molecule has 3 nitrogen and oxygen atoms in total. The zero-order valence-electron chi connectivity index (χ0n) is 16.8. The van der Waals surface area contributed by atoms with Gasteiger partial charge in [0, 0.05) is 10.6 Å². The van der Waals surface area contributed by atoms with Crippen LogP contribution in [0.5, 0.6) is 0 Å². The first kappa shape index (κ1) is 21.9. The van der Waals surface area contributed by atoms with Gasteiger partial charge in [0.05, 0.1) is 27.9 Å². The maximum Gasteiger partial charge on any atom is 0.416 e. The highest BCUT2D eigenvalue weighted by Gasteiger charge is 2.30. The minimum atomic E-state index is -4.48. The molecule has 0 spiro atoms. The zero-order valence-corrected chi connectivity index (χ0v) is 19.2. The molecule has 0 N–H and O–H groups in total. The SMILES string of the molecule is O=c1c2ccccc2n2c(=S)sc(-c3ccccc3Cl)c2n1Cc1cccc(C(F)(F)F)c1. The summed E-state index contributed by atoms with van der Waals surface area (Å²) in [4.78, 5) is 14.3. The molecule has 0 amide bonds. The van der Waals surface area contributed by atoms with Crippen molar-refractivity contribution in [1.29, 1.82) is 0 Å². The fraction of sp³-hybridized carbons (Fsp3) is 0.0833. The number of hydrogen-bond donors (Lipinski definition) is 0. The summed E-state index contributed by atoms with van der Waals surface area (Å²) in [5.74, 6) is 0. The summed E-state index contributed by atoms with van der Waals surface area (Å²) in [6, 6.07) is 19.2. The van der Waals surface area contributed by atoms with Crippen molar-refractivity contribution in [2.45, 2.75) is 12.7 Å². The molecule has 0 unspecified atom stereocenters. The number of aromatic nitrogens is 2. The van der Waals surface area contributed by atoms with Gasteiger partial charge < -0.3 is 0 Å². The molecule has 0 bridgehead atoms. The second-order valence-electron chi connectivity index (χ2n) is 7.44. The Morgan fingerprint density at radius 1 is 0.970 bits per heavy atom. The molecule has 0 saturated carbocycles. The normalized spacial score (nSPS) is 12.0. The van der Waals surface area contributed by atoms with Crippen LogP contribution in [0.2, 0.25) is 5.02 Å². The van der Waals surface area contributed by atoms with E-state index in [1.165, 1.54) is 22.0 Å². The van der Waals surface area contributed by atoms with Crippen molar-refractivity contribution in [2.75, 3.05) is 0 Å². The van der Waals surface area contributed by atoms with Crippen LogP contribution < -0.4 is 5.56 Å². The number of benzene rings is 3. The third-order valence-electron chi connectivity index (χ3n) is 5.38. The Bertz CT molecular complexity index is 1650. The van der Waals surface area contributed by atoms with Gasteiger partial charge in [0.15, 0.2) is 3.95 Å². The van der Waals surface area contributed by atoms with E-state index in [1.54, 1.807) is 40.8 Å². The lowest BCUT2D eigenvalue weighted by atomic mass is 10.1. The Labute approximate surface area is 199 Å². The smallest absolute Gasteiger partial charge is 0.288 e. The predicted octanol–water partition coefficient (Wildman–Crippen LogP) is 7.43. The van der Waals surface area contributed by atoms with Crippen molar-refractivity contribution in [3.05, 3.63) is 103 Å². The Balaban J connectivity index is 1.86. The van der Waals surface area contributed by atoms with Crippen LogP contribution in [0.25, 0.3) is 27.0 Å². The average molecular weight is 503 g/mol. The summed E-state index contributed by atoms with van der Waals surface area (Å²) in [6.45, 7) is -0.0555. The van der Waals surface area contributed by atoms with Gasteiger partial charge in [-0.15, -0.1) is 11.3 Å². The van der Waals surface area contributed by atoms with Crippen molar-refractivity contribution in [3.63, 3.8) is 0 Å². The highest BCUT2D eigenvalue weighted by atomic mass is 35.5. The first-order valence-corrected chi connectivity index (χ1v) is 11.4. The van der Waals surface area contributed by atoms with Crippen LogP contribution in [0.3, 0.4) is 0 Å². The molecule has 0 radical (unpaired) electrons. The van der Waals surface area contributed by atoms with E-state index in [1.807, 2.05) is 18.2 Å². The topological polar surface area (TPSA) is 26.4 Å². The summed E-state index contributed by atoms with van der Waals surface area (Å²) in [7, 11) is 0. The lowest BCUT2D eigenvalue weighted by molar-refractivity contribution is -0.137. The molecule has 2 aromatic heterocycles. The van der Waals surface area contributed by atoms with Gasteiger partial charge >= 0.3 is 6.18 Å². The molecule has 0 fully saturated rings. The molecule has 0 aliphatic carbocycles. The van der Waals surface area contributed by atoms with Crippen LogP contribution in [0.1, 0.15) is 11.1 Å². The van der Waals surface area contributed by atoms with Crippen LogP contribution >= 0.6 is 35.2 Å². The fourth-order valence-electron chi connectivity index (χ4n) is 3.91. The average Bonchev–Trinajstić information content (AvgIpc) is 3.13. The number of alkyl halides is 3. The largest absolute Gasteiger partial charge is 0.416 e. The Hall–Kier alpha value is -2.94.